The van der Waals surface area contributed by atoms with E-state index in [2.05, 4.69) is 15.0 Å². The van der Waals surface area contributed by atoms with Gasteiger partial charge in [0.25, 0.3) is 5.91 Å². The van der Waals surface area contributed by atoms with Crippen LogP contribution in [0.2, 0.25) is 0 Å². The first-order valence-electron chi connectivity index (χ1n) is 8.90. The number of carboxylic acid groups (broad SMARTS) is 1. The van der Waals surface area contributed by atoms with Gasteiger partial charge >= 0.3 is 5.97 Å². The number of carboxylic acids is 1. The van der Waals surface area contributed by atoms with Crippen LogP contribution in [0.5, 0.6) is 5.75 Å². The van der Waals surface area contributed by atoms with Gasteiger partial charge in [0.05, 0.1) is 11.7 Å². The zero-order chi connectivity index (χ0) is 19.6. The van der Waals surface area contributed by atoms with E-state index in [1.54, 1.807) is 29.3 Å². The first-order valence-corrected chi connectivity index (χ1v) is 8.90. The molecule has 0 radical (unpaired) electrons. The number of hydrogen-bond donors (Lipinski definition) is 1. The number of fused-ring (bicyclic) bond motifs is 1. The van der Waals surface area contributed by atoms with E-state index >= 15 is 0 Å². The highest BCUT2D eigenvalue weighted by atomic mass is 16.5. The highest BCUT2D eigenvalue weighted by Gasteiger charge is 2.45. The number of ether oxygens (including phenoxy) is 1. The van der Waals surface area contributed by atoms with E-state index in [1.165, 1.54) is 18.6 Å². The van der Waals surface area contributed by atoms with Crippen LogP contribution in [0, 0.1) is 0 Å². The number of rotatable bonds is 4. The summed E-state index contributed by atoms with van der Waals surface area (Å²) in [5.41, 5.74) is -0.327. The predicted octanol–water partition coefficient (Wildman–Crippen LogP) is 2.16. The Morgan fingerprint density at radius 1 is 1.07 bits per heavy atom. The molecule has 0 aliphatic carbocycles. The minimum atomic E-state index is -1.38. The first kappa shape index (κ1) is 17.8. The maximum absolute atomic E-state index is 12.5. The minimum Gasteiger partial charge on any atom is -0.478 e. The van der Waals surface area contributed by atoms with Crippen molar-refractivity contribution in [3.63, 3.8) is 0 Å². The molecule has 142 valence electrons. The Morgan fingerprint density at radius 2 is 1.89 bits per heavy atom. The number of carbonyl (C=O) groups is 2. The van der Waals surface area contributed by atoms with E-state index in [0.717, 1.165) is 10.9 Å². The second-order valence-corrected chi connectivity index (χ2v) is 6.64. The molecule has 1 aliphatic rings. The molecule has 3 aromatic rings. The number of aliphatic carboxylic acids is 1. The lowest BCUT2D eigenvalue weighted by Crippen LogP contribution is -2.54. The third kappa shape index (κ3) is 3.36. The zero-order valence-electron chi connectivity index (χ0n) is 15.0. The number of carbonyl (C=O) groups excluding carboxylic acids is 1. The van der Waals surface area contributed by atoms with Crippen molar-refractivity contribution in [2.45, 2.75) is 18.4 Å². The highest BCUT2D eigenvalue weighted by Crippen LogP contribution is 2.31. The normalized spacial score (nSPS) is 15.9. The smallest absolute Gasteiger partial charge is 0.348 e. The topological polar surface area (TPSA) is 106 Å². The minimum absolute atomic E-state index is 0.180. The van der Waals surface area contributed by atoms with Gasteiger partial charge in [-0.3, -0.25) is 14.8 Å². The molecule has 8 heteroatoms. The summed E-state index contributed by atoms with van der Waals surface area (Å²) in [6, 6.07) is 9.01. The fourth-order valence-electron chi connectivity index (χ4n) is 3.34. The third-order valence-electron chi connectivity index (χ3n) is 4.92. The van der Waals surface area contributed by atoms with Gasteiger partial charge in [0.2, 0.25) is 5.60 Å². The van der Waals surface area contributed by atoms with Crippen molar-refractivity contribution in [3.8, 4) is 5.75 Å². The van der Waals surface area contributed by atoms with E-state index in [-0.39, 0.29) is 37.5 Å². The molecule has 0 bridgehead atoms. The monoisotopic (exact) mass is 378 g/mol. The summed E-state index contributed by atoms with van der Waals surface area (Å²) in [6.45, 7) is 0.522. The van der Waals surface area contributed by atoms with Crippen LogP contribution in [0.3, 0.4) is 0 Å². The summed E-state index contributed by atoms with van der Waals surface area (Å²) >= 11 is 0. The van der Waals surface area contributed by atoms with E-state index in [0.29, 0.717) is 5.75 Å². The van der Waals surface area contributed by atoms with Crippen molar-refractivity contribution in [1.82, 2.24) is 19.9 Å². The van der Waals surface area contributed by atoms with E-state index in [4.69, 9.17) is 4.74 Å². The average molecular weight is 378 g/mol. The van der Waals surface area contributed by atoms with Gasteiger partial charge in [-0.05, 0) is 24.3 Å². The molecular weight excluding hydrogens is 360 g/mol. The lowest BCUT2D eigenvalue weighted by molar-refractivity contribution is -0.159. The fraction of sp³-hybridized carbons (Fsp3) is 0.250. The highest BCUT2D eigenvalue weighted by molar-refractivity contribution is 5.92. The fourth-order valence-corrected chi connectivity index (χ4v) is 3.34. The molecular formula is C20H18N4O4. The molecule has 0 unspecified atom stereocenters. The largest absolute Gasteiger partial charge is 0.478 e. The quantitative estimate of drug-likeness (QED) is 0.741. The average Bonchev–Trinajstić information content (AvgIpc) is 2.74. The van der Waals surface area contributed by atoms with Crippen molar-refractivity contribution in [1.29, 1.82) is 0 Å². The van der Waals surface area contributed by atoms with Gasteiger partial charge in [-0.15, -0.1) is 0 Å². The number of amides is 1. The predicted molar refractivity (Wildman–Crippen MR) is 99.9 cm³/mol. The molecule has 1 N–H and O–H groups in total. The van der Waals surface area contributed by atoms with E-state index in [9.17, 15) is 14.7 Å². The summed E-state index contributed by atoms with van der Waals surface area (Å²) in [5.74, 6) is -0.828. The summed E-state index contributed by atoms with van der Waals surface area (Å²) in [6.07, 6.45) is 6.41. The van der Waals surface area contributed by atoms with Crippen LogP contribution in [0.25, 0.3) is 10.9 Å². The molecule has 0 saturated carbocycles. The molecule has 1 aromatic carbocycles. The standard InChI is InChI=1S/C20H18N4O4/c25-18(17-13-21-8-9-23-17)24-10-5-20(6-11-24,19(26)27)28-15-3-4-16-14(12-15)2-1-7-22-16/h1-4,7-9,12-13H,5-6,10-11H2,(H,26,27). The van der Waals surface area contributed by atoms with Crippen LogP contribution < -0.4 is 4.74 Å². The Balaban J connectivity index is 1.51. The summed E-state index contributed by atoms with van der Waals surface area (Å²) in [7, 11) is 0. The van der Waals surface area contributed by atoms with Gasteiger partial charge in [0, 0.05) is 49.9 Å². The number of benzene rings is 1. The molecule has 28 heavy (non-hydrogen) atoms. The lowest BCUT2D eigenvalue weighted by atomic mass is 9.90. The summed E-state index contributed by atoms with van der Waals surface area (Å²) in [4.78, 5) is 38.3. The maximum atomic E-state index is 12.5. The Kier molecular flexibility index (Phi) is 4.60. The molecule has 0 spiro atoms. The van der Waals surface area contributed by atoms with Crippen LogP contribution >= 0.6 is 0 Å². The van der Waals surface area contributed by atoms with Crippen molar-refractivity contribution in [2.75, 3.05) is 13.1 Å². The van der Waals surface area contributed by atoms with Gasteiger partial charge in [-0.2, -0.15) is 0 Å². The SMILES string of the molecule is O=C(c1cnccn1)N1CCC(Oc2ccc3ncccc3c2)(C(=O)O)CC1. The van der Waals surface area contributed by atoms with Gasteiger partial charge in [-0.1, -0.05) is 6.07 Å². The molecule has 1 aliphatic heterocycles. The second kappa shape index (κ2) is 7.22. The molecule has 3 heterocycles. The Labute approximate surface area is 160 Å². The van der Waals surface area contributed by atoms with Crippen LogP contribution in [-0.4, -0.2) is 55.5 Å². The van der Waals surface area contributed by atoms with E-state index < -0.39 is 11.6 Å². The Morgan fingerprint density at radius 3 is 2.61 bits per heavy atom. The lowest BCUT2D eigenvalue weighted by Gasteiger charge is -2.38. The Bertz CT molecular complexity index is 1020. The second-order valence-electron chi connectivity index (χ2n) is 6.64. The van der Waals surface area contributed by atoms with Crippen LogP contribution in [0.1, 0.15) is 23.3 Å². The van der Waals surface area contributed by atoms with E-state index in [1.807, 2.05) is 12.1 Å². The molecule has 1 amide bonds. The molecule has 8 nitrogen and oxygen atoms in total. The van der Waals surface area contributed by atoms with Crippen LogP contribution in [-0.2, 0) is 4.79 Å². The number of aromatic nitrogens is 3. The molecule has 4 rings (SSSR count). The van der Waals surface area contributed by atoms with Crippen LogP contribution in [0.15, 0.2) is 55.1 Å². The summed E-state index contributed by atoms with van der Waals surface area (Å²) in [5, 5.41) is 10.7. The van der Waals surface area contributed by atoms with Crippen molar-refractivity contribution in [2.24, 2.45) is 0 Å². The molecule has 0 atom stereocenters. The maximum Gasteiger partial charge on any atom is 0.348 e. The number of likely N-dealkylation sites (tertiary alicyclic amines) is 1. The first-order chi connectivity index (χ1) is 13.6. The number of piperidine rings is 1. The van der Waals surface area contributed by atoms with Gasteiger partial charge in [0.1, 0.15) is 11.4 Å². The number of pyridine rings is 1. The molecule has 1 saturated heterocycles. The van der Waals surface area contributed by atoms with Gasteiger partial charge in [0.15, 0.2) is 0 Å². The van der Waals surface area contributed by atoms with Gasteiger partial charge < -0.3 is 14.7 Å². The Hall–Kier alpha value is -3.55. The van der Waals surface area contributed by atoms with Crippen LogP contribution in [0.4, 0.5) is 0 Å². The zero-order valence-corrected chi connectivity index (χ0v) is 15.0. The van der Waals surface area contributed by atoms with Gasteiger partial charge in [-0.25, -0.2) is 9.78 Å². The number of nitrogens with zero attached hydrogens (tertiary/aromatic N) is 4. The van der Waals surface area contributed by atoms with Crippen molar-refractivity contribution >= 4 is 22.8 Å². The van der Waals surface area contributed by atoms with Crippen molar-refractivity contribution < 1.29 is 19.4 Å². The molecule has 1 fully saturated rings. The number of hydrogen-bond acceptors (Lipinski definition) is 6. The van der Waals surface area contributed by atoms with Crippen molar-refractivity contribution in [3.05, 3.63) is 60.8 Å². The third-order valence-corrected chi connectivity index (χ3v) is 4.92. The molecule has 2 aromatic heterocycles. The summed E-state index contributed by atoms with van der Waals surface area (Å²) < 4.78 is 5.95.